The number of aliphatic hydroxyl groups is 3. The van der Waals surface area contributed by atoms with Crippen molar-refractivity contribution in [2.24, 2.45) is 23.2 Å². The smallest absolute Gasteiger partial charge is 0.0809 e. The highest BCUT2D eigenvalue weighted by atomic mass is 16.3. The van der Waals surface area contributed by atoms with Gasteiger partial charge in [-0.3, -0.25) is 0 Å². The van der Waals surface area contributed by atoms with Crippen molar-refractivity contribution in [2.45, 2.75) is 90.4 Å². The van der Waals surface area contributed by atoms with Gasteiger partial charge in [0.25, 0.3) is 0 Å². The predicted octanol–water partition coefficient (Wildman–Crippen LogP) is 5.09. The van der Waals surface area contributed by atoms with Crippen LogP contribution in [0.25, 0.3) is 0 Å². The third-order valence-corrected chi connectivity index (χ3v) is 7.89. The van der Waals surface area contributed by atoms with Crippen LogP contribution in [0.3, 0.4) is 0 Å². The SMILES string of the molecule is C=C1[C@H](O)CC(=C/C=C2\CCCC3(C)[C@@H]([C@@H](C)/C=C/CC(C)O)CC[C@@H]23)C[C@H]1O. The molecular weight excluding hydrogens is 360 g/mol. The van der Waals surface area contributed by atoms with Gasteiger partial charge in [0, 0.05) is 0 Å². The van der Waals surface area contributed by atoms with Gasteiger partial charge in [-0.15, -0.1) is 0 Å². The minimum Gasteiger partial charge on any atom is -0.393 e. The number of rotatable bonds is 5. The first-order valence-electron chi connectivity index (χ1n) is 11.5. The number of hydrogen-bond donors (Lipinski definition) is 3. The van der Waals surface area contributed by atoms with Crippen molar-refractivity contribution in [1.82, 2.24) is 0 Å². The van der Waals surface area contributed by atoms with Crippen LogP contribution in [0.1, 0.15) is 72.1 Å². The molecule has 0 radical (unpaired) electrons. The molecule has 0 aliphatic heterocycles. The molecule has 29 heavy (non-hydrogen) atoms. The Balaban J connectivity index is 1.72. The average molecular weight is 401 g/mol. The van der Waals surface area contributed by atoms with E-state index in [1.807, 2.05) is 6.92 Å². The Hall–Kier alpha value is -1.16. The second-order valence-electron chi connectivity index (χ2n) is 10.0. The summed E-state index contributed by atoms with van der Waals surface area (Å²) in [5.74, 6) is 1.87. The van der Waals surface area contributed by atoms with Gasteiger partial charge in [0.2, 0.25) is 0 Å². The summed E-state index contributed by atoms with van der Waals surface area (Å²) in [6, 6.07) is 0. The summed E-state index contributed by atoms with van der Waals surface area (Å²) >= 11 is 0. The van der Waals surface area contributed by atoms with Gasteiger partial charge in [-0.05, 0) is 87.0 Å². The molecule has 3 heteroatoms. The van der Waals surface area contributed by atoms with E-state index in [2.05, 4.69) is 44.7 Å². The van der Waals surface area contributed by atoms with Crippen molar-refractivity contribution in [3.8, 4) is 0 Å². The molecule has 0 aromatic rings. The molecule has 3 fully saturated rings. The Morgan fingerprint density at radius 2 is 1.83 bits per heavy atom. The maximum atomic E-state index is 10.1. The minimum atomic E-state index is -0.620. The maximum absolute atomic E-state index is 10.1. The fourth-order valence-corrected chi connectivity index (χ4v) is 6.19. The van der Waals surface area contributed by atoms with Crippen molar-refractivity contribution in [1.29, 1.82) is 0 Å². The zero-order chi connectivity index (χ0) is 21.2. The van der Waals surface area contributed by atoms with Gasteiger partial charge in [0.15, 0.2) is 0 Å². The van der Waals surface area contributed by atoms with Crippen molar-refractivity contribution >= 4 is 0 Å². The van der Waals surface area contributed by atoms with E-state index in [1.54, 1.807) is 5.57 Å². The summed E-state index contributed by atoms with van der Waals surface area (Å²) in [6.45, 7) is 10.5. The summed E-state index contributed by atoms with van der Waals surface area (Å²) < 4.78 is 0. The fourth-order valence-electron chi connectivity index (χ4n) is 6.19. The van der Waals surface area contributed by atoms with E-state index < -0.39 is 12.2 Å². The molecule has 3 aliphatic carbocycles. The first-order valence-corrected chi connectivity index (χ1v) is 11.5. The molecule has 0 aromatic carbocycles. The third-order valence-electron chi connectivity index (χ3n) is 7.89. The highest BCUT2D eigenvalue weighted by Crippen LogP contribution is 2.59. The maximum Gasteiger partial charge on any atom is 0.0809 e. The minimum absolute atomic E-state index is 0.267. The van der Waals surface area contributed by atoms with Crippen LogP contribution in [-0.4, -0.2) is 33.6 Å². The second-order valence-corrected chi connectivity index (χ2v) is 10.0. The number of fused-ring (bicyclic) bond motifs is 1. The number of allylic oxidation sites excluding steroid dienone is 4. The van der Waals surface area contributed by atoms with Crippen LogP contribution >= 0.6 is 0 Å². The van der Waals surface area contributed by atoms with Crippen LogP contribution in [0, 0.1) is 23.2 Å². The molecule has 0 amide bonds. The normalized spacial score (nSPS) is 39.0. The molecule has 0 saturated heterocycles. The van der Waals surface area contributed by atoms with E-state index >= 15 is 0 Å². The summed E-state index contributed by atoms with van der Waals surface area (Å²) in [6.07, 6.45) is 15.6. The topological polar surface area (TPSA) is 60.7 Å². The van der Waals surface area contributed by atoms with Crippen molar-refractivity contribution in [3.05, 3.63) is 47.6 Å². The van der Waals surface area contributed by atoms with E-state index in [9.17, 15) is 15.3 Å². The number of aliphatic hydroxyl groups excluding tert-OH is 3. The van der Waals surface area contributed by atoms with Gasteiger partial charge in [-0.25, -0.2) is 0 Å². The molecule has 0 heterocycles. The molecule has 3 saturated carbocycles. The number of hydrogen-bond acceptors (Lipinski definition) is 3. The van der Waals surface area contributed by atoms with Crippen molar-refractivity contribution in [3.63, 3.8) is 0 Å². The largest absolute Gasteiger partial charge is 0.393 e. The van der Waals surface area contributed by atoms with E-state index in [4.69, 9.17) is 0 Å². The quantitative estimate of drug-likeness (QED) is 0.563. The predicted molar refractivity (Wildman–Crippen MR) is 119 cm³/mol. The van der Waals surface area contributed by atoms with E-state index in [-0.39, 0.29) is 6.10 Å². The van der Waals surface area contributed by atoms with Crippen molar-refractivity contribution < 1.29 is 15.3 Å². The lowest BCUT2D eigenvalue weighted by molar-refractivity contribution is 0.112. The zero-order valence-corrected chi connectivity index (χ0v) is 18.5. The second kappa shape index (κ2) is 9.32. The zero-order valence-electron chi connectivity index (χ0n) is 18.5. The molecule has 3 aliphatic rings. The van der Waals surface area contributed by atoms with Crippen LogP contribution in [0.15, 0.2) is 47.6 Å². The third kappa shape index (κ3) is 4.95. The molecule has 7 atom stereocenters. The van der Waals surface area contributed by atoms with Crippen LogP contribution in [0.4, 0.5) is 0 Å². The van der Waals surface area contributed by atoms with Gasteiger partial charge in [-0.2, -0.15) is 0 Å². The van der Waals surface area contributed by atoms with Crippen LogP contribution in [0.2, 0.25) is 0 Å². The first kappa shape index (κ1) is 22.5. The fraction of sp³-hybridized carbons (Fsp3) is 0.692. The average Bonchev–Trinajstić information content (AvgIpc) is 3.01. The summed E-state index contributed by atoms with van der Waals surface area (Å²) in [5.41, 5.74) is 3.58. The lowest BCUT2D eigenvalue weighted by atomic mass is 9.61. The van der Waals surface area contributed by atoms with Crippen molar-refractivity contribution in [2.75, 3.05) is 0 Å². The Labute approximate surface area is 176 Å². The molecule has 0 aromatic heterocycles. The highest BCUT2D eigenvalue weighted by Gasteiger charge is 2.50. The van der Waals surface area contributed by atoms with Gasteiger partial charge < -0.3 is 15.3 Å². The monoisotopic (exact) mass is 400 g/mol. The van der Waals surface area contributed by atoms with E-state index in [0.29, 0.717) is 41.6 Å². The Morgan fingerprint density at radius 1 is 1.14 bits per heavy atom. The standard InChI is InChI=1S/C26H40O3/c1-17(7-5-8-18(2)27)22-12-13-23-21(9-6-14-26(22,23)4)11-10-20-15-24(28)19(3)25(29)16-20/h5,7,10-11,17-18,22-25,27-29H,3,6,8-9,12-16H2,1-2,4H3/b7-5+,21-11+/t17-,18?,22+,23-,24+,25+,26?/m0/s1. The van der Waals surface area contributed by atoms with E-state index in [1.165, 1.54) is 32.1 Å². The van der Waals surface area contributed by atoms with Gasteiger partial charge in [-0.1, -0.05) is 55.9 Å². The molecule has 3 rings (SSSR count). The first-order chi connectivity index (χ1) is 13.7. The lowest BCUT2D eigenvalue weighted by Crippen LogP contribution is -2.35. The lowest BCUT2D eigenvalue weighted by Gasteiger charge is -2.44. The molecule has 0 bridgehead atoms. The molecule has 3 nitrogen and oxygen atoms in total. The Morgan fingerprint density at radius 3 is 2.48 bits per heavy atom. The highest BCUT2D eigenvalue weighted by molar-refractivity contribution is 5.29. The van der Waals surface area contributed by atoms with Gasteiger partial charge in [0.05, 0.1) is 18.3 Å². The summed E-state index contributed by atoms with van der Waals surface area (Å²) in [4.78, 5) is 0. The molecule has 3 N–H and O–H groups in total. The molecule has 0 spiro atoms. The van der Waals surface area contributed by atoms with Crippen LogP contribution in [0.5, 0.6) is 0 Å². The summed E-state index contributed by atoms with van der Waals surface area (Å²) in [5, 5.41) is 29.7. The summed E-state index contributed by atoms with van der Waals surface area (Å²) in [7, 11) is 0. The Bertz CT molecular complexity index is 670. The van der Waals surface area contributed by atoms with Crippen LogP contribution < -0.4 is 0 Å². The van der Waals surface area contributed by atoms with E-state index in [0.717, 1.165) is 12.0 Å². The van der Waals surface area contributed by atoms with Gasteiger partial charge in [0.1, 0.15) is 0 Å². The Kier molecular flexibility index (Phi) is 7.24. The molecule has 2 unspecified atom stereocenters. The van der Waals surface area contributed by atoms with Crippen LogP contribution in [-0.2, 0) is 0 Å². The van der Waals surface area contributed by atoms with Gasteiger partial charge >= 0.3 is 0 Å². The molecular formula is C26H40O3. The molecule has 162 valence electrons.